The molecular formula is C21H28ClN5O5. The lowest BCUT2D eigenvalue weighted by atomic mass is 10.3. The van der Waals surface area contributed by atoms with Crippen molar-refractivity contribution in [3.05, 3.63) is 41.2 Å². The third-order valence-electron chi connectivity index (χ3n) is 4.89. The van der Waals surface area contributed by atoms with Crippen molar-refractivity contribution in [3.8, 4) is 5.75 Å². The SMILES string of the molecule is CCOC(Cn1cc(C(=O)N2CCN(C(=O)COc3ccc(Cl)cc3)CC2)nn1)OCC. The molecular weight excluding hydrogens is 438 g/mol. The Morgan fingerprint density at radius 3 is 2.28 bits per heavy atom. The molecule has 32 heavy (non-hydrogen) atoms. The van der Waals surface area contributed by atoms with E-state index in [0.29, 0.717) is 56.7 Å². The largest absolute Gasteiger partial charge is 0.484 e. The smallest absolute Gasteiger partial charge is 0.276 e. The van der Waals surface area contributed by atoms with Crippen molar-refractivity contribution in [2.24, 2.45) is 0 Å². The van der Waals surface area contributed by atoms with Crippen molar-refractivity contribution in [1.29, 1.82) is 0 Å². The van der Waals surface area contributed by atoms with Gasteiger partial charge in [-0.1, -0.05) is 16.8 Å². The quantitative estimate of drug-likeness (QED) is 0.492. The van der Waals surface area contributed by atoms with Crippen molar-refractivity contribution < 1.29 is 23.8 Å². The number of nitrogens with zero attached hydrogens (tertiary/aromatic N) is 5. The Morgan fingerprint density at radius 2 is 1.66 bits per heavy atom. The Kier molecular flexibility index (Phi) is 8.83. The minimum absolute atomic E-state index is 0.0647. The van der Waals surface area contributed by atoms with Crippen LogP contribution in [0, 0.1) is 0 Å². The molecule has 1 aromatic carbocycles. The maximum Gasteiger partial charge on any atom is 0.276 e. The maximum absolute atomic E-state index is 12.8. The second-order valence-electron chi connectivity index (χ2n) is 7.08. The van der Waals surface area contributed by atoms with Crippen LogP contribution in [0.3, 0.4) is 0 Å². The summed E-state index contributed by atoms with van der Waals surface area (Å²) in [6.45, 7) is 6.77. The van der Waals surface area contributed by atoms with Gasteiger partial charge in [0.15, 0.2) is 18.6 Å². The molecule has 0 N–H and O–H groups in total. The number of rotatable bonds is 10. The number of halogens is 1. The fourth-order valence-corrected chi connectivity index (χ4v) is 3.38. The lowest BCUT2D eigenvalue weighted by molar-refractivity contribution is -0.145. The van der Waals surface area contributed by atoms with Crippen LogP contribution in [-0.4, -0.2) is 88.9 Å². The summed E-state index contributed by atoms with van der Waals surface area (Å²) in [6.07, 6.45) is 1.14. The van der Waals surface area contributed by atoms with E-state index < -0.39 is 6.29 Å². The number of amides is 2. The Labute approximate surface area is 192 Å². The maximum atomic E-state index is 12.8. The first-order chi connectivity index (χ1) is 15.5. The molecule has 1 aliphatic rings. The van der Waals surface area contributed by atoms with Crippen molar-refractivity contribution in [2.75, 3.05) is 46.0 Å². The van der Waals surface area contributed by atoms with Gasteiger partial charge in [-0.25, -0.2) is 4.68 Å². The molecule has 0 atom stereocenters. The highest BCUT2D eigenvalue weighted by atomic mass is 35.5. The van der Waals surface area contributed by atoms with Gasteiger partial charge in [0.2, 0.25) is 0 Å². The summed E-state index contributed by atoms with van der Waals surface area (Å²) in [4.78, 5) is 28.5. The summed E-state index contributed by atoms with van der Waals surface area (Å²) < 4.78 is 18.1. The zero-order chi connectivity index (χ0) is 22.9. The predicted octanol–water partition coefficient (Wildman–Crippen LogP) is 1.69. The standard InChI is InChI=1S/C21H28ClN5O5/c1-3-30-20(31-4-2)14-27-13-18(23-24-27)21(29)26-11-9-25(10-12-26)19(28)15-32-17-7-5-16(22)6-8-17/h5-8,13,20H,3-4,9-12,14-15H2,1-2H3. The van der Waals surface area contributed by atoms with Gasteiger partial charge in [0.1, 0.15) is 5.75 Å². The first-order valence-electron chi connectivity index (χ1n) is 10.6. The number of carbonyl (C=O) groups excluding carboxylic acids is 2. The lowest BCUT2D eigenvalue weighted by Gasteiger charge is -2.34. The monoisotopic (exact) mass is 465 g/mol. The summed E-state index contributed by atoms with van der Waals surface area (Å²) in [7, 11) is 0. The molecule has 2 heterocycles. The summed E-state index contributed by atoms with van der Waals surface area (Å²) in [5.74, 6) is 0.233. The number of carbonyl (C=O) groups is 2. The lowest BCUT2D eigenvalue weighted by Crippen LogP contribution is -2.51. The van der Waals surface area contributed by atoms with Crippen LogP contribution in [0.25, 0.3) is 0 Å². The highest BCUT2D eigenvalue weighted by Crippen LogP contribution is 2.16. The van der Waals surface area contributed by atoms with Gasteiger partial charge in [0.05, 0.1) is 12.7 Å². The van der Waals surface area contributed by atoms with Gasteiger partial charge in [-0.3, -0.25) is 9.59 Å². The molecule has 0 unspecified atom stereocenters. The van der Waals surface area contributed by atoms with Gasteiger partial charge in [-0.15, -0.1) is 5.10 Å². The molecule has 10 nitrogen and oxygen atoms in total. The fraction of sp³-hybridized carbons (Fsp3) is 0.524. The second kappa shape index (κ2) is 11.8. The Balaban J connectivity index is 1.46. The van der Waals surface area contributed by atoms with Crippen molar-refractivity contribution >= 4 is 23.4 Å². The minimum atomic E-state index is -0.445. The normalized spacial score (nSPS) is 14.1. The Bertz CT molecular complexity index is 877. The number of ether oxygens (including phenoxy) is 3. The molecule has 1 aromatic heterocycles. The topological polar surface area (TPSA) is 99.0 Å². The Morgan fingerprint density at radius 1 is 1.03 bits per heavy atom. The van der Waals surface area contributed by atoms with Crippen molar-refractivity contribution in [2.45, 2.75) is 26.7 Å². The van der Waals surface area contributed by atoms with Crippen LogP contribution in [-0.2, 0) is 20.8 Å². The van der Waals surface area contributed by atoms with E-state index >= 15 is 0 Å². The molecule has 174 valence electrons. The van der Waals surface area contributed by atoms with Gasteiger partial charge in [-0.2, -0.15) is 0 Å². The number of hydrogen-bond acceptors (Lipinski definition) is 7. The summed E-state index contributed by atoms with van der Waals surface area (Å²) in [5.41, 5.74) is 0.252. The van der Waals surface area contributed by atoms with Crippen molar-refractivity contribution in [1.82, 2.24) is 24.8 Å². The van der Waals surface area contributed by atoms with Gasteiger partial charge in [0.25, 0.3) is 11.8 Å². The van der Waals surface area contributed by atoms with Crippen LogP contribution in [0.5, 0.6) is 5.75 Å². The van der Waals surface area contributed by atoms with Crippen LogP contribution in [0.2, 0.25) is 5.02 Å². The molecule has 0 bridgehead atoms. The van der Waals surface area contributed by atoms with E-state index in [-0.39, 0.29) is 24.1 Å². The second-order valence-corrected chi connectivity index (χ2v) is 7.52. The third-order valence-corrected chi connectivity index (χ3v) is 5.15. The molecule has 1 fully saturated rings. The first-order valence-corrected chi connectivity index (χ1v) is 11.0. The van der Waals surface area contributed by atoms with Crippen LogP contribution < -0.4 is 4.74 Å². The number of benzene rings is 1. The van der Waals surface area contributed by atoms with E-state index in [0.717, 1.165) is 0 Å². The summed E-state index contributed by atoms with van der Waals surface area (Å²) in [5, 5.41) is 8.60. The van der Waals surface area contributed by atoms with Gasteiger partial charge in [0, 0.05) is 44.4 Å². The van der Waals surface area contributed by atoms with E-state index in [1.165, 1.54) is 4.68 Å². The molecule has 1 saturated heterocycles. The molecule has 3 rings (SSSR count). The van der Waals surface area contributed by atoms with Crippen molar-refractivity contribution in [3.63, 3.8) is 0 Å². The molecule has 0 radical (unpaired) electrons. The third kappa shape index (κ3) is 6.65. The number of hydrogen-bond donors (Lipinski definition) is 0. The van der Waals surface area contributed by atoms with E-state index in [1.807, 2.05) is 13.8 Å². The zero-order valence-electron chi connectivity index (χ0n) is 18.3. The molecule has 0 aliphatic carbocycles. The first kappa shape index (κ1) is 24.0. The minimum Gasteiger partial charge on any atom is -0.484 e. The highest BCUT2D eigenvalue weighted by Gasteiger charge is 2.26. The number of piperazine rings is 1. The van der Waals surface area contributed by atoms with Crippen LogP contribution in [0.15, 0.2) is 30.5 Å². The summed E-state index contributed by atoms with van der Waals surface area (Å²) >= 11 is 5.84. The molecule has 2 amide bonds. The average molecular weight is 466 g/mol. The molecule has 1 aliphatic heterocycles. The van der Waals surface area contributed by atoms with E-state index in [9.17, 15) is 9.59 Å². The van der Waals surface area contributed by atoms with Gasteiger partial charge < -0.3 is 24.0 Å². The average Bonchev–Trinajstić information content (AvgIpc) is 3.27. The van der Waals surface area contributed by atoms with Crippen LogP contribution in [0.1, 0.15) is 24.3 Å². The number of aromatic nitrogens is 3. The highest BCUT2D eigenvalue weighted by molar-refractivity contribution is 6.30. The fourth-order valence-electron chi connectivity index (χ4n) is 3.25. The molecule has 2 aromatic rings. The summed E-state index contributed by atoms with van der Waals surface area (Å²) in [6, 6.07) is 6.83. The van der Waals surface area contributed by atoms with E-state index in [1.54, 1.807) is 40.3 Å². The van der Waals surface area contributed by atoms with Crippen LogP contribution >= 0.6 is 11.6 Å². The predicted molar refractivity (Wildman–Crippen MR) is 116 cm³/mol. The Hall–Kier alpha value is -2.69. The van der Waals surface area contributed by atoms with Gasteiger partial charge >= 0.3 is 0 Å². The van der Waals surface area contributed by atoms with Gasteiger partial charge in [-0.05, 0) is 38.1 Å². The zero-order valence-corrected chi connectivity index (χ0v) is 19.0. The van der Waals surface area contributed by atoms with E-state index in [4.69, 9.17) is 25.8 Å². The van der Waals surface area contributed by atoms with Crippen LogP contribution in [0.4, 0.5) is 0 Å². The molecule has 0 saturated carbocycles. The molecule has 11 heteroatoms. The molecule has 0 spiro atoms. The van der Waals surface area contributed by atoms with E-state index in [2.05, 4.69) is 10.3 Å².